The monoisotopic (exact) mass is 230 g/mol. The van der Waals surface area contributed by atoms with E-state index in [-0.39, 0.29) is 5.16 Å². The first kappa shape index (κ1) is 10.6. The molecule has 1 saturated heterocycles. The Labute approximate surface area is 88.7 Å². The highest BCUT2D eigenvalue weighted by molar-refractivity contribution is 7.88. The van der Waals surface area contributed by atoms with Crippen LogP contribution in [0.15, 0.2) is 11.4 Å². The Bertz CT molecular complexity index is 433. The van der Waals surface area contributed by atoms with Gasteiger partial charge in [0, 0.05) is 38.1 Å². The molecular weight excluding hydrogens is 216 g/mol. The molecule has 84 valence electrons. The minimum atomic E-state index is -3.41. The van der Waals surface area contributed by atoms with Crippen LogP contribution in [0.2, 0.25) is 0 Å². The molecule has 0 saturated carbocycles. The largest absolute Gasteiger partial charge is 0.332 e. The number of hydrogen-bond donors (Lipinski definition) is 2. The molecule has 2 heterocycles. The van der Waals surface area contributed by atoms with Crippen molar-refractivity contribution < 1.29 is 8.42 Å². The Balaban J connectivity index is 2.26. The van der Waals surface area contributed by atoms with Crippen LogP contribution in [0.3, 0.4) is 0 Å². The van der Waals surface area contributed by atoms with Gasteiger partial charge in [-0.15, -0.1) is 0 Å². The number of hydrogen-bond acceptors (Lipinski definition) is 4. The first-order valence-corrected chi connectivity index (χ1v) is 6.27. The molecule has 0 bridgehead atoms. The predicted molar refractivity (Wildman–Crippen MR) is 55.0 cm³/mol. The number of rotatable bonds is 2. The lowest BCUT2D eigenvalue weighted by Gasteiger charge is -2.25. The van der Waals surface area contributed by atoms with Gasteiger partial charge in [0.05, 0.1) is 0 Å². The fourth-order valence-electron chi connectivity index (χ4n) is 1.53. The molecular formula is C8H14N4O2S. The number of nitrogens with zero attached hydrogens (tertiary/aromatic N) is 2. The zero-order valence-corrected chi connectivity index (χ0v) is 9.34. The minimum absolute atomic E-state index is 0.0434. The molecule has 0 unspecified atom stereocenters. The van der Waals surface area contributed by atoms with Crippen molar-refractivity contribution in [2.45, 2.75) is 12.1 Å². The highest BCUT2D eigenvalue weighted by Crippen LogP contribution is 2.12. The summed E-state index contributed by atoms with van der Waals surface area (Å²) < 4.78 is 25.5. The maximum atomic E-state index is 12.0. The second-order valence-electron chi connectivity index (χ2n) is 3.53. The molecule has 0 radical (unpaired) electrons. The van der Waals surface area contributed by atoms with Crippen LogP contribution >= 0.6 is 0 Å². The minimum Gasteiger partial charge on any atom is -0.332 e. The molecule has 1 aliphatic heterocycles. The molecule has 0 aromatic carbocycles. The first-order valence-electron chi connectivity index (χ1n) is 4.83. The van der Waals surface area contributed by atoms with Gasteiger partial charge in [-0.3, -0.25) is 0 Å². The van der Waals surface area contributed by atoms with Gasteiger partial charge >= 0.3 is 0 Å². The summed E-state index contributed by atoms with van der Waals surface area (Å²) in [4.78, 5) is 6.61. The third-order valence-electron chi connectivity index (χ3n) is 2.34. The van der Waals surface area contributed by atoms with Crippen LogP contribution in [0.1, 0.15) is 5.69 Å². The smallest absolute Gasteiger partial charge is 0.276 e. The van der Waals surface area contributed by atoms with Gasteiger partial charge in [-0.05, 0) is 6.92 Å². The summed E-state index contributed by atoms with van der Waals surface area (Å²) in [5, 5.41) is 3.15. The molecule has 2 N–H and O–H groups in total. The van der Waals surface area contributed by atoms with E-state index in [4.69, 9.17) is 0 Å². The Hall–Kier alpha value is -0.920. The van der Waals surface area contributed by atoms with Crippen molar-refractivity contribution in [2.24, 2.45) is 0 Å². The molecule has 0 amide bonds. The van der Waals surface area contributed by atoms with E-state index in [9.17, 15) is 8.42 Å². The van der Waals surface area contributed by atoms with Crippen molar-refractivity contribution in [1.29, 1.82) is 0 Å². The van der Waals surface area contributed by atoms with Gasteiger partial charge in [-0.2, -0.15) is 4.31 Å². The Morgan fingerprint density at radius 1 is 1.40 bits per heavy atom. The van der Waals surface area contributed by atoms with E-state index < -0.39 is 10.0 Å². The summed E-state index contributed by atoms with van der Waals surface area (Å²) in [6.07, 6.45) is 1.52. The number of H-pyrrole nitrogens is 1. The summed E-state index contributed by atoms with van der Waals surface area (Å²) in [6, 6.07) is 0. The predicted octanol–water partition coefficient (Wildman–Crippen LogP) is -0.688. The SMILES string of the molecule is Cc1cnc(S(=O)(=O)N2CCNCC2)[nH]1. The normalized spacial score (nSPS) is 19.3. The molecule has 2 rings (SSSR count). The van der Waals surface area contributed by atoms with Crippen LogP contribution in [0.4, 0.5) is 0 Å². The molecule has 1 aliphatic rings. The lowest BCUT2D eigenvalue weighted by Crippen LogP contribution is -2.46. The molecule has 15 heavy (non-hydrogen) atoms. The van der Waals surface area contributed by atoms with Crippen LogP contribution in [0.25, 0.3) is 0 Å². The standard InChI is InChI=1S/C8H14N4O2S/c1-7-6-10-8(11-7)15(13,14)12-4-2-9-3-5-12/h6,9H,2-5H2,1H3,(H,10,11). The first-order chi connectivity index (χ1) is 7.10. The fourth-order valence-corrected chi connectivity index (χ4v) is 2.91. The Morgan fingerprint density at radius 3 is 2.60 bits per heavy atom. The molecule has 0 spiro atoms. The number of nitrogens with one attached hydrogen (secondary N) is 2. The van der Waals surface area contributed by atoms with Gasteiger partial charge in [-0.25, -0.2) is 13.4 Å². The van der Waals surface area contributed by atoms with Crippen molar-refractivity contribution >= 4 is 10.0 Å². The summed E-state index contributed by atoms with van der Waals surface area (Å²) >= 11 is 0. The Morgan fingerprint density at radius 2 is 2.07 bits per heavy atom. The zero-order valence-electron chi connectivity index (χ0n) is 8.52. The Kier molecular flexibility index (Phi) is 2.76. The van der Waals surface area contributed by atoms with E-state index in [0.717, 1.165) is 5.69 Å². The molecule has 6 nitrogen and oxygen atoms in total. The van der Waals surface area contributed by atoms with E-state index in [1.807, 2.05) is 0 Å². The third kappa shape index (κ3) is 2.04. The lowest BCUT2D eigenvalue weighted by atomic mass is 10.4. The quantitative estimate of drug-likeness (QED) is 0.705. The van der Waals surface area contributed by atoms with Crippen molar-refractivity contribution in [1.82, 2.24) is 19.6 Å². The van der Waals surface area contributed by atoms with Crippen molar-refractivity contribution in [3.05, 3.63) is 11.9 Å². The number of aromatic nitrogens is 2. The molecule has 7 heteroatoms. The highest BCUT2D eigenvalue weighted by Gasteiger charge is 2.27. The van der Waals surface area contributed by atoms with Gasteiger partial charge in [0.25, 0.3) is 10.0 Å². The van der Waals surface area contributed by atoms with E-state index in [1.54, 1.807) is 6.92 Å². The average Bonchev–Trinajstić information content (AvgIpc) is 2.67. The number of aromatic amines is 1. The summed E-state index contributed by atoms with van der Waals surface area (Å²) in [5.41, 5.74) is 0.753. The van der Waals surface area contributed by atoms with Crippen LogP contribution in [0.5, 0.6) is 0 Å². The van der Waals surface area contributed by atoms with Gasteiger partial charge in [-0.1, -0.05) is 0 Å². The van der Waals surface area contributed by atoms with Crippen molar-refractivity contribution in [2.75, 3.05) is 26.2 Å². The van der Waals surface area contributed by atoms with Gasteiger partial charge in [0.1, 0.15) is 0 Å². The van der Waals surface area contributed by atoms with Crippen LogP contribution < -0.4 is 5.32 Å². The van der Waals surface area contributed by atoms with Gasteiger partial charge in [0.2, 0.25) is 5.16 Å². The summed E-state index contributed by atoms with van der Waals surface area (Å²) in [5.74, 6) is 0. The second-order valence-corrected chi connectivity index (χ2v) is 5.38. The van der Waals surface area contributed by atoms with Crippen LogP contribution in [-0.4, -0.2) is 48.9 Å². The number of imidazole rings is 1. The topological polar surface area (TPSA) is 78.1 Å². The maximum absolute atomic E-state index is 12.0. The molecule has 1 fully saturated rings. The second kappa shape index (κ2) is 3.92. The van der Waals surface area contributed by atoms with Gasteiger partial charge in [0.15, 0.2) is 0 Å². The van der Waals surface area contributed by atoms with E-state index in [0.29, 0.717) is 26.2 Å². The maximum Gasteiger partial charge on any atom is 0.276 e. The van der Waals surface area contributed by atoms with E-state index in [2.05, 4.69) is 15.3 Å². The molecule has 0 atom stereocenters. The number of aryl methyl sites for hydroxylation is 1. The van der Waals surface area contributed by atoms with Crippen LogP contribution in [-0.2, 0) is 10.0 Å². The number of piperazine rings is 1. The van der Waals surface area contributed by atoms with E-state index >= 15 is 0 Å². The lowest BCUT2D eigenvalue weighted by molar-refractivity contribution is 0.358. The summed E-state index contributed by atoms with van der Waals surface area (Å²) in [7, 11) is -3.41. The zero-order chi connectivity index (χ0) is 10.9. The molecule has 1 aromatic rings. The van der Waals surface area contributed by atoms with Crippen molar-refractivity contribution in [3.63, 3.8) is 0 Å². The average molecular weight is 230 g/mol. The fraction of sp³-hybridized carbons (Fsp3) is 0.625. The summed E-state index contributed by atoms with van der Waals surface area (Å²) in [6.45, 7) is 4.17. The van der Waals surface area contributed by atoms with Gasteiger partial charge < -0.3 is 10.3 Å². The third-order valence-corrected chi connectivity index (χ3v) is 4.08. The van der Waals surface area contributed by atoms with Crippen LogP contribution in [0, 0.1) is 6.92 Å². The molecule has 0 aliphatic carbocycles. The number of sulfonamides is 1. The molecule has 1 aromatic heterocycles. The highest BCUT2D eigenvalue weighted by atomic mass is 32.2. The van der Waals surface area contributed by atoms with E-state index in [1.165, 1.54) is 10.5 Å². The van der Waals surface area contributed by atoms with Crippen molar-refractivity contribution in [3.8, 4) is 0 Å².